The molecule has 0 radical (unpaired) electrons. The van der Waals surface area contributed by atoms with Crippen LogP contribution in [0.4, 0.5) is 0 Å². The molecule has 0 saturated heterocycles. The minimum Gasteiger partial charge on any atom is -0.481 e. The van der Waals surface area contributed by atoms with E-state index in [1.54, 1.807) is 16.8 Å². The number of benzene rings is 1. The van der Waals surface area contributed by atoms with E-state index in [9.17, 15) is 9.59 Å². The Morgan fingerprint density at radius 3 is 2.84 bits per heavy atom. The molecule has 1 aliphatic carbocycles. The zero-order valence-electron chi connectivity index (χ0n) is 13.8. The van der Waals surface area contributed by atoms with E-state index in [0.29, 0.717) is 36.4 Å². The number of aromatic nitrogens is 3. The first-order chi connectivity index (χ1) is 12.0. The summed E-state index contributed by atoms with van der Waals surface area (Å²) in [7, 11) is 0. The first-order valence-electron chi connectivity index (χ1n) is 8.23. The average molecular weight is 363 g/mol. The van der Waals surface area contributed by atoms with Crippen LogP contribution in [0, 0.1) is 5.92 Å². The number of carbonyl (C=O) groups excluding carboxylic acids is 1. The molecule has 7 nitrogen and oxygen atoms in total. The number of amides is 1. The van der Waals surface area contributed by atoms with Gasteiger partial charge in [-0.15, -0.1) is 5.10 Å². The van der Waals surface area contributed by atoms with Crippen molar-refractivity contribution < 1.29 is 14.7 Å². The molecule has 0 aliphatic heterocycles. The summed E-state index contributed by atoms with van der Waals surface area (Å²) in [5, 5.41) is 20.7. The minimum absolute atomic E-state index is 0.144. The van der Waals surface area contributed by atoms with Crippen LogP contribution < -0.4 is 5.32 Å². The van der Waals surface area contributed by atoms with E-state index >= 15 is 0 Å². The molecule has 1 fully saturated rings. The number of rotatable bonds is 5. The second-order valence-electron chi connectivity index (χ2n) is 6.15. The van der Waals surface area contributed by atoms with E-state index in [1.807, 2.05) is 19.1 Å². The number of hydrogen-bond donors (Lipinski definition) is 2. The van der Waals surface area contributed by atoms with Crippen LogP contribution in [0.3, 0.4) is 0 Å². The molecule has 3 rings (SSSR count). The van der Waals surface area contributed by atoms with Crippen molar-refractivity contribution in [2.75, 3.05) is 0 Å². The van der Waals surface area contributed by atoms with Gasteiger partial charge in [-0.25, -0.2) is 4.68 Å². The molecule has 0 spiro atoms. The smallest absolute Gasteiger partial charge is 0.306 e. The number of carboxylic acids is 1. The second kappa shape index (κ2) is 7.23. The Balaban J connectivity index is 1.79. The number of hydrogen-bond acceptors (Lipinski definition) is 4. The van der Waals surface area contributed by atoms with Gasteiger partial charge in [-0.05, 0) is 43.9 Å². The number of nitrogens with zero attached hydrogens (tertiary/aromatic N) is 3. The van der Waals surface area contributed by atoms with Crippen LogP contribution in [0.1, 0.15) is 42.4 Å². The number of carbonyl (C=O) groups is 2. The van der Waals surface area contributed by atoms with Crippen molar-refractivity contribution in [2.24, 2.45) is 5.92 Å². The Bertz CT molecular complexity index is 805. The molecule has 132 valence electrons. The highest BCUT2D eigenvalue weighted by Crippen LogP contribution is 2.26. The number of aliphatic carboxylic acids is 1. The van der Waals surface area contributed by atoms with E-state index in [4.69, 9.17) is 16.7 Å². The van der Waals surface area contributed by atoms with Crippen molar-refractivity contribution in [1.29, 1.82) is 0 Å². The number of halogens is 1. The summed E-state index contributed by atoms with van der Waals surface area (Å²) in [5.74, 6) is -1.52. The highest BCUT2D eigenvalue weighted by molar-refractivity contribution is 6.30. The summed E-state index contributed by atoms with van der Waals surface area (Å²) in [6.07, 6.45) is 2.26. The Morgan fingerprint density at radius 2 is 2.20 bits per heavy atom. The number of nitrogens with one attached hydrogen (secondary N) is 1. The molecule has 2 aromatic rings. The SMILES string of the molecule is CCc1c(C(=O)N[C@@H]2CC[C@H](C(=O)O)C2)nnn1-c1cccc(Cl)c1. The second-order valence-corrected chi connectivity index (χ2v) is 6.59. The molecule has 1 aliphatic rings. The molecule has 1 aromatic carbocycles. The molecule has 0 bridgehead atoms. The van der Waals surface area contributed by atoms with Gasteiger partial charge in [0.2, 0.25) is 0 Å². The summed E-state index contributed by atoms with van der Waals surface area (Å²) < 4.78 is 1.61. The van der Waals surface area contributed by atoms with Gasteiger partial charge in [-0.2, -0.15) is 0 Å². The van der Waals surface area contributed by atoms with E-state index in [-0.39, 0.29) is 17.6 Å². The third kappa shape index (κ3) is 3.66. The van der Waals surface area contributed by atoms with Gasteiger partial charge in [0, 0.05) is 11.1 Å². The zero-order valence-corrected chi connectivity index (χ0v) is 14.5. The molecule has 8 heteroatoms. The molecule has 1 saturated carbocycles. The van der Waals surface area contributed by atoms with Crippen LogP contribution in [0.25, 0.3) is 5.69 Å². The van der Waals surface area contributed by atoms with Gasteiger partial charge in [-0.3, -0.25) is 9.59 Å². The van der Waals surface area contributed by atoms with Crippen molar-refractivity contribution >= 4 is 23.5 Å². The normalized spacial score (nSPS) is 19.8. The van der Waals surface area contributed by atoms with Crippen LogP contribution in [-0.2, 0) is 11.2 Å². The van der Waals surface area contributed by atoms with Crippen LogP contribution in [0.2, 0.25) is 5.02 Å². The summed E-state index contributed by atoms with van der Waals surface area (Å²) in [6.45, 7) is 1.92. The van der Waals surface area contributed by atoms with Crippen molar-refractivity contribution in [3.8, 4) is 5.69 Å². The molecule has 2 atom stereocenters. The minimum atomic E-state index is -0.808. The lowest BCUT2D eigenvalue weighted by Crippen LogP contribution is -2.34. The van der Waals surface area contributed by atoms with E-state index in [2.05, 4.69) is 15.6 Å². The topological polar surface area (TPSA) is 97.1 Å². The maximum Gasteiger partial charge on any atom is 0.306 e. The third-order valence-corrected chi connectivity index (χ3v) is 4.72. The molecule has 2 N–H and O–H groups in total. The highest BCUT2D eigenvalue weighted by Gasteiger charge is 2.31. The maximum atomic E-state index is 12.6. The molecule has 25 heavy (non-hydrogen) atoms. The maximum absolute atomic E-state index is 12.6. The molecule has 1 heterocycles. The van der Waals surface area contributed by atoms with Gasteiger partial charge in [0.15, 0.2) is 5.69 Å². The Morgan fingerprint density at radius 1 is 1.40 bits per heavy atom. The van der Waals surface area contributed by atoms with Gasteiger partial charge < -0.3 is 10.4 Å². The van der Waals surface area contributed by atoms with Gasteiger partial charge >= 0.3 is 5.97 Å². The first-order valence-corrected chi connectivity index (χ1v) is 8.61. The lowest BCUT2D eigenvalue weighted by molar-refractivity contribution is -0.141. The standard InChI is InChI=1S/C17H19ClN4O3/c1-2-14-15(16(23)19-12-7-6-10(8-12)17(24)25)20-21-22(14)13-5-3-4-11(18)9-13/h3-5,9-10,12H,2,6-8H2,1H3,(H,19,23)(H,24,25)/t10-,12+/m0/s1. The third-order valence-electron chi connectivity index (χ3n) is 4.48. The predicted octanol–water partition coefficient (Wildman–Crippen LogP) is 2.47. The fourth-order valence-electron chi connectivity index (χ4n) is 3.20. The van der Waals surface area contributed by atoms with E-state index in [0.717, 1.165) is 5.69 Å². The predicted molar refractivity (Wildman–Crippen MR) is 92.0 cm³/mol. The van der Waals surface area contributed by atoms with Crippen LogP contribution in [0.15, 0.2) is 24.3 Å². The first kappa shape index (κ1) is 17.4. The molecule has 1 aromatic heterocycles. The van der Waals surface area contributed by atoms with Crippen molar-refractivity contribution in [3.63, 3.8) is 0 Å². The Hall–Kier alpha value is -2.41. The number of carboxylic acid groups (broad SMARTS) is 1. The molecule has 0 unspecified atom stereocenters. The Kier molecular flexibility index (Phi) is 5.03. The van der Waals surface area contributed by atoms with Crippen molar-refractivity contribution in [2.45, 2.75) is 38.6 Å². The van der Waals surface area contributed by atoms with Gasteiger partial charge in [-0.1, -0.05) is 29.8 Å². The van der Waals surface area contributed by atoms with Crippen LogP contribution in [0.5, 0.6) is 0 Å². The molecular weight excluding hydrogens is 344 g/mol. The monoisotopic (exact) mass is 362 g/mol. The van der Waals surface area contributed by atoms with Crippen molar-refractivity contribution in [1.82, 2.24) is 20.3 Å². The summed E-state index contributed by atoms with van der Waals surface area (Å²) in [4.78, 5) is 23.6. The fraction of sp³-hybridized carbons (Fsp3) is 0.412. The fourth-order valence-corrected chi connectivity index (χ4v) is 3.39. The van der Waals surface area contributed by atoms with Gasteiger partial charge in [0.05, 0.1) is 17.3 Å². The van der Waals surface area contributed by atoms with Gasteiger partial charge in [0.1, 0.15) is 0 Å². The lowest BCUT2D eigenvalue weighted by Gasteiger charge is -2.12. The summed E-state index contributed by atoms with van der Waals surface area (Å²) in [5.41, 5.74) is 1.69. The highest BCUT2D eigenvalue weighted by atomic mass is 35.5. The average Bonchev–Trinajstić information content (AvgIpc) is 3.21. The largest absolute Gasteiger partial charge is 0.481 e. The summed E-state index contributed by atoms with van der Waals surface area (Å²) in [6, 6.07) is 7.03. The molecule has 1 amide bonds. The van der Waals surface area contributed by atoms with Crippen LogP contribution in [-0.4, -0.2) is 38.0 Å². The summed E-state index contributed by atoms with van der Waals surface area (Å²) >= 11 is 6.02. The van der Waals surface area contributed by atoms with E-state index < -0.39 is 11.9 Å². The zero-order chi connectivity index (χ0) is 18.0. The Labute approximate surface area is 150 Å². The van der Waals surface area contributed by atoms with Crippen LogP contribution >= 0.6 is 11.6 Å². The van der Waals surface area contributed by atoms with Crippen molar-refractivity contribution in [3.05, 3.63) is 40.7 Å². The van der Waals surface area contributed by atoms with E-state index in [1.165, 1.54) is 0 Å². The lowest BCUT2D eigenvalue weighted by atomic mass is 10.1. The quantitative estimate of drug-likeness (QED) is 0.851. The van der Waals surface area contributed by atoms with Gasteiger partial charge in [0.25, 0.3) is 5.91 Å². The molecular formula is C17H19ClN4O3.